The van der Waals surface area contributed by atoms with Crippen molar-refractivity contribution in [2.75, 3.05) is 12.8 Å². The van der Waals surface area contributed by atoms with Crippen molar-refractivity contribution in [3.05, 3.63) is 27.6 Å². The van der Waals surface area contributed by atoms with Crippen molar-refractivity contribution < 1.29 is 23.2 Å². The molecule has 0 bridgehead atoms. The monoisotopic (exact) mass is 247 g/mol. The number of ether oxygens (including phenoxy) is 1. The van der Waals surface area contributed by atoms with Gasteiger partial charge >= 0.3 is 11.7 Å². The van der Waals surface area contributed by atoms with Crippen molar-refractivity contribution in [2.45, 2.75) is 6.43 Å². The molecular weight excluding hydrogens is 240 g/mol. The van der Waals surface area contributed by atoms with Crippen LogP contribution in [0.15, 0.2) is 6.20 Å². The van der Waals surface area contributed by atoms with Gasteiger partial charge in [-0.15, -0.1) is 0 Å². The summed E-state index contributed by atoms with van der Waals surface area (Å²) in [5.74, 6) is -1.17. The van der Waals surface area contributed by atoms with Gasteiger partial charge in [0.25, 0.3) is 6.43 Å². The number of carbonyl (C=O) groups is 1. The summed E-state index contributed by atoms with van der Waals surface area (Å²) in [6, 6.07) is 0. The Morgan fingerprint density at radius 2 is 2.24 bits per heavy atom. The molecule has 0 fully saturated rings. The van der Waals surface area contributed by atoms with Crippen LogP contribution < -0.4 is 5.73 Å². The maximum absolute atomic E-state index is 12.4. The van der Waals surface area contributed by atoms with Gasteiger partial charge in [0.1, 0.15) is 11.9 Å². The third-order valence-corrected chi connectivity index (χ3v) is 1.92. The van der Waals surface area contributed by atoms with E-state index in [4.69, 9.17) is 5.73 Å². The predicted octanol–water partition coefficient (Wildman–Crippen LogP) is 1.30. The highest BCUT2D eigenvalue weighted by Gasteiger charge is 2.29. The lowest BCUT2D eigenvalue weighted by Gasteiger charge is -2.08. The molecule has 0 aliphatic carbocycles. The molecule has 0 amide bonds. The van der Waals surface area contributed by atoms with Crippen molar-refractivity contribution in [1.82, 2.24) is 4.98 Å². The average Bonchev–Trinajstić information content (AvgIpc) is 2.26. The molecule has 0 aliphatic rings. The molecule has 2 N–H and O–H groups in total. The fourth-order valence-electron chi connectivity index (χ4n) is 1.16. The number of nitrogen functional groups attached to an aromatic ring is 1. The second-order valence-electron chi connectivity index (χ2n) is 2.87. The number of halogens is 2. The maximum atomic E-state index is 12.4. The number of hydrogen-bond donors (Lipinski definition) is 1. The SMILES string of the molecule is COC(=O)c1c([N+](=O)[O-])cnc(C(F)F)c1N. The molecule has 0 radical (unpaired) electrons. The lowest BCUT2D eigenvalue weighted by atomic mass is 10.1. The molecule has 7 nitrogen and oxygen atoms in total. The molecule has 9 heteroatoms. The number of esters is 1. The number of aromatic nitrogens is 1. The van der Waals surface area contributed by atoms with Crippen LogP contribution in [-0.2, 0) is 4.74 Å². The van der Waals surface area contributed by atoms with E-state index in [0.29, 0.717) is 6.20 Å². The number of hydrogen-bond acceptors (Lipinski definition) is 6. The molecule has 92 valence electrons. The van der Waals surface area contributed by atoms with Gasteiger partial charge in [-0.3, -0.25) is 10.1 Å². The Morgan fingerprint density at radius 1 is 1.65 bits per heavy atom. The minimum Gasteiger partial charge on any atom is -0.465 e. The zero-order chi connectivity index (χ0) is 13.2. The topological polar surface area (TPSA) is 108 Å². The number of nitrogens with two attached hydrogens (primary N) is 1. The quantitative estimate of drug-likeness (QED) is 0.489. The molecule has 1 heterocycles. The van der Waals surface area contributed by atoms with E-state index in [1.54, 1.807) is 0 Å². The molecule has 0 atom stereocenters. The van der Waals surface area contributed by atoms with Crippen molar-refractivity contribution >= 4 is 17.3 Å². The number of pyridine rings is 1. The largest absolute Gasteiger partial charge is 0.465 e. The number of methoxy groups -OCH3 is 1. The Labute approximate surface area is 93.3 Å². The van der Waals surface area contributed by atoms with Crippen LogP contribution in [0, 0.1) is 10.1 Å². The summed E-state index contributed by atoms with van der Waals surface area (Å²) in [7, 11) is 0.952. The fraction of sp³-hybridized carbons (Fsp3) is 0.250. The van der Waals surface area contributed by atoms with Crippen LogP contribution in [0.5, 0.6) is 0 Å². The van der Waals surface area contributed by atoms with Crippen LogP contribution in [-0.4, -0.2) is 23.0 Å². The molecule has 0 saturated carbocycles. The zero-order valence-electron chi connectivity index (χ0n) is 8.52. The van der Waals surface area contributed by atoms with Crippen LogP contribution in [0.3, 0.4) is 0 Å². The summed E-state index contributed by atoms with van der Waals surface area (Å²) in [5.41, 5.74) is 2.11. The molecule has 0 unspecified atom stereocenters. The number of nitro groups is 1. The summed E-state index contributed by atoms with van der Waals surface area (Å²) in [4.78, 5) is 24.0. The molecule has 0 aliphatic heterocycles. The summed E-state index contributed by atoms with van der Waals surface area (Å²) in [5, 5.41) is 10.6. The molecule has 1 rings (SSSR count). The van der Waals surface area contributed by atoms with Crippen LogP contribution in [0.1, 0.15) is 22.5 Å². The maximum Gasteiger partial charge on any atom is 0.347 e. The second-order valence-corrected chi connectivity index (χ2v) is 2.87. The first-order valence-corrected chi connectivity index (χ1v) is 4.19. The minimum atomic E-state index is -3.04. The highest BCUT2D eigenvalue weighted by Crippen LogP contribution is 2.31. The van der Waals surface area contributed by atoms with E-state index in [9.17, 15) is 23.7 Å². The van der Waals surface area contributed by atoms with E-state index in [1.807, 2.05) is 0 Å². The van der Waals surface area contributed by atoms with Gasteiger partial charge in [-0.05, 0) is 0 Å². The predicted molar refractivity (Wildman–Crippen MR) is 51.6 cm³/mol. The summed E-state index contributed by atoms with van der Waals surface area (Å²) in [6.45, 7) is 0. The van der Waals surface area contributed by atoms with Gasteiger partial charge in [0, 0.05) is 0 Å². The summed E-state index contributed by atoms with van der Waals surface area (Å²) < 4.78 is 29.1. The van der Waals surface area contributed by atoms with Gasteiger partial charge in [0.05, 0.1) is 17.7 Å². The first-order valence-electron chi connectivity index (χ1n) is 4.19. The number of anilines is 1. The van der Waals surface area contributed by atoms with Gasteiger partial charge in [-0.2, -0.15) is 0 Å². The summed E-state index contributed by atoms with van der Waals surface area (Å²) in [6.07, 6.45) is -2.50. The third-order valence-electron chi connectivity index (χ3n) is 1.92. The van der Waals surface area contributed by atoms with Gasteiger partial charge in [0.15, 0.2) is 5.56 Å². The molecule has 1 aromatic heterocycles. The number of carbonyl (C=O) groups excluding carboxylic acids is 1. The van der Waals surface area contributed by atoms with Crippen molar-refractivity contribution in [3.8, 4) is 0 Å². The highest BCUT2D eigenvalue weighted by atomic mass is 19.3. The molecule has 17 heavy (non-hydrogen) atoms. The first kappa shape index (κ1) is 12.7. The first-order chi connectivity index (χ1) is 7.90. The minimum absolute atomic E-state index is 0.546. The van der Waals surface area contributed by atoms with Crippen LogP contribution in [0.25, 0.3) is 0 Å². The van der Waals surface area contributed by atoms with Crippen molar-refractivity contribution in [3.63, 3.8) is 0 Å². The Morgan fingerprint density at radius 3 is 2.65 bits per heavy atom. The van der Waals surface area contributed by atoms with Crippen molar-refractivity contribution in [2.24, 2.45) is 0 Å². The van der Waals surface area contributed by atoms with E-state index in [0.717, 1.165) is 7.11 Å². The normalized spacial score (nSPS) is 10.4. The van der Waals surface area contributed by atoms with Gasteiger partial charge in [-0.1, -0.05) is 0 Å². The summed E-state index contributed by atoms with van der Waals surface area (Å²) >= 11 is 0. The van der Waals surface area contributed by atoms with Crippen LogP contribution in [0.4, 0.5) is 20.2 Å². The fourth-order valence-corrected chi connectivity index (χ4v) is 1.16. The van der Waals surface area contributed by atoms with Gasteiger partial charge < -0.3 is 10.5 Å². The van der Waals surface area contributed by atoms with E-state index >= 15 is 0 Å². The van der Waals surface area contributed by atoms with E-state index in [-0.39, 0.29) is 0 Å². The van der Waals surface area contributed by atoms with E-state index in [2.05, 4.69) is 9.72 Å². The Hall–Kier alpha value is -2.32. The standard InChI is InChI=1S/C8H7F2N3O4/c1-17-8(14)4-3(13(15)16)2-12-6(5(4)11)7(9)10/h2,7H,11H2,1H3. The highest BCUT2D eigenvalue weighted by molar-refractivity contribution is 5.99. The van der Waals surface area contributed by atoms with Crippen molar-refractivity contribution in [1.29, 1.82) is 0 Å². The Balaban J connectivity index is 3.53. The number of alkyl halides is 2. The molecule has 0 saturated heterocycles. The average molecular weight is 247 g/mol. The third kappa shape index (κ3) is 2.27. The second kappa shape index (κ2) is 4.68. The van der Waals surface area contributed by atoms with Crippen LogP contribution in [0.2, 0.25) is 0 Å². The van der Waals surface area contributed by atoms with E-state index < -0.39 is 40.0 Å². The van der Waals surface area contributed by atoms with Gasteiger partial charge in [0.2, 0.25) is 0 Å². The van der Waals surface area contributed by atoms with E-state index in [1.165, 1.54) is 0 Å². The van der Waals surface area contributed by atoms with Gasteiger partial charge in [-0.25, -0.2) is 18.6 Å². The molecule has 0 spiro atoms. The smallest absolute Gasteiger partial charge is 0.347 e. The molecule has 1 aromatic rings. The lowest BCUT2D eigenvalue weighted by molar-refractivity contribution is -0.385. The van der Waals surface area contributed by atoms with Crippen LogP contribution >= 0.6 is 0 Å². The Kier molecular flexibility index (Phi) is 3.51. The number of rotatable bonds is 3. The molecule has 0 aromatic carbocycles. The number of nitrogens with zero attached hydrogens (tertiary/aromatic N) is 2. The lowest BCUT2D eigenvalue weighted by Crippen LogP contribution is -2.13. The molecular formula is C8H7F2N3O4. The Bertz CT molecular complexity index is 478. The zero-order valence-corrected chi connectivity index (χ0v) is 8.52.